The predicted molar refractivity (Wildman–Crippen MR) is 159 cm³/mol. The third kappa shape index (κ3) is 8.30. The topological polar surface area (TPSA) is 112 Å². The van der Waals surface area contributed by atoms with E-state index in [9.17, 15) is 13.2 Å². The summed E-state index contributed by atoms with van der Waals surface area (Å²) in [5, 5.41) is 8.48. The number of hydrogen-bond donors (Lipinski definition) is 2. The summed E-state index contributed by atoms with van der Waals surface area (Å²) in [7, 11) is -1.56. The molecule has 2 fully saturated rings. The van der Waals surface area contributed by atoms with Crippen LogP contribution in [0, 0.1) is 5.92 Å². The maximum absolute atomic E-state index is 13.0. The Kier molecular flexibility index (Phi) is 10.8. The van der Waals surface area contributed by atoms with Crippen LogP contribution in [-0.4, -0.2) is 85.4 Å². The highest BCUT2D eigenvalue weighted by atomic mass is 32.2. The summed E-state index contributed by atoms with van der Waals surface area (Å²) < 4.78 is 31.7. The Morgan fingerprint density at radius 2 is 1.78 bits per heavy atom. The Labute approximate surface area is 243 Å². The van der Waals surface area contributed by atoms with E-state index in [4.69, 9.17) is 9.99 Å². The molecule has 11 heteroatoms. The number of nitrogens with one attached hydrogen (secondary N) is 1. The predicted octanol–water partition coefficient (Wildman–Crippen LogP) is 4.55. The Bertz CT molecular complexity index is 1240. The number of amides is 1. The average molecular weight is 587 g/mol. The van der Waals surface area contributed by atoms with Crippen molar-refractivity contribution in [2.24, 2.45) is 5.92 Å². The minimum absolute atomic E-state index is 0.00826. The molecule has 1 aliphatic heterocycles. The van der Waals surface area contributed by atoms with E-state index in [1.54, 1.807) is 46.6 Å². The van der Waals surface area contributed by atoms with Crippen molar-refractivity contribution in [3.63, 3.8) is 0 Å². The van der Waals surface area contributed by atoms with Gasteiger partial charge in [-0.2, -0.15) is 0 Å². The van der Waals surface area contributed by atoms with Crippen molar-refractivity contribution < 1.29 is 28.2 Å². The highest BCUT2D eigenvalue weighted by Crippen LogP contribution is 2.42. The monoisotopic (exact) mass is 586 g/mol. The van der Waals surface area contributed by atoms with Crippen molar-refractivity contribution in [3.8, 4) is 0 Å². The second kappa shape index (κ2) is 14.3. The molecule has 1 saturated heterocycles. The molecule has 1 saturated carbocycles. The molecular weight excluding hydrogens is 544 g/mol. The lowest BCUT2D eigenvalue weighted by Crippen LogP contribution is -2.48. The van der Waals surface area contributed by atoms with E-state index in [0.717, 1.165) is 50.9 Å². The van der Waals surface area contributed by atoms with Crippen LogP contribution < -0.4 is 5.48 Å². The average Bonchev–Trinajstić information content (AvgIpc) is 3.39. The molecule has 2 aromatic carbocycles. The highest BCUT2D eigenvalue weighted by Gasteiger charge is 2.40. The molecule has 0 bridgehead atoms. The maximum Gasteiger partial charge on any atom is 0.410 e. The SMILES string of the molecule is C=CCN(C(=O)OCc1ccc(NOO)cc1)C1CCN(CC2CC(N(C)S(C)(=O)=O)CC2c2ccccc2)CC1. The van der Waals surface area contributed by atoms with Crippen LogP contribution in [-0.2, 0) is 26.4 Å². The summed E-state index contributed by atoms with van der Waals surface area (Å²) >= 11 is 0. The van der Waals surface area contributed by atoms with Crippen LogP contribution in [0.15, 0.2) is 67.3 Å². The van der Waals surface area contributed by atoms with Crippen LogP contribution in [0.4, 0.5) is 10.5 Å². The molecule has 2 aromatic rings. The van der Waals surface area contributed by atoms with Gasteiger partial charge in [-0.15, -0.1) is 11.6 Å². The Hall–Kier alpha value is -2.96. The zero-order valence-electron chi connectivity index (χ0n) is 23.9. The molecule has 1 aliphatic carbocycles. The van der Waals surface area contributed by atoms with Crippen LogP contribution in [0.1, 0.15) is 42.7 Å². The summed E-state index contributed by atoms with van der Waals surface area (Å²) in [6, 6.07) is 17.5. The first-order valence-electron chi connectivity index (χ1n) is 14.1. The minimum atomic E-state index is -3.26. The third-order valence-corrected chi connectivity index (χ3v) is 9.81. The van der Waals surface area contributed by atoms with Gasteiger partial charge in [-0.25, -0.2) is 28.3 Å². The van der Waals surface area contributed by atoms with E-state index in [0.29, 0.717) is 24.1 Å². The molecule has 4 rings (SSSR count). The van der Waals surface area contributed by atoms with Gasteiger partial charge in [0.05, 0.1) is 11.9 Å². The van der Waals surface area contributed by atoms with E-state index in [1.807, 2.05) is 6.07 Å². The standard InChI is InChI=1S/C30H42N4O6S/c1-4-16-34(30(35)39-22-23-10-12-26(13-11-23)31-40-36)27-14-17-33(18-15-27)21-25-19-28(32(2)41(3,37)38)20-29(25)24-8-6-5-7-9-24/h4-13,25,27-29,31,36H,1,14-22H2,2-3H3. The number of benzene rings is 2. The number of ether oxygens (including phenoxy) is 1. The number of carbonyl (C=O) groups excluding carboxylic acids is 1. The van der Waals surface area contributed by atoms with Crippen molar-refractivity contribution in [3.05, 3.63) is 78.4 Å². The van der Waals surface area contributed by atoms with Crippen LogP contribution in [0.3, 0.4) is 0 Å². The molecule has 10 nitrogen and oxygen atoms in total. The normalized spacial score (nSPS) is 22.0. The van der Waals surface area contributed by atoms with Crippen molar-refractivity contribution >= 4 is 21.8 Å². The third-order valence-electron chi connectivity index (χ3n) is 8.47. The lowest BCUT2D eigenvalue weighted by molar-refractivity contribution is -0.215. The fourth-order valence-corrected chi connectivity index (χ4v) is 6.89. The Balaban J connectivity index is 1.33. The van der Waals surface area contributed by atoms with Crippen LogP contribution in [0.2, 0.25) is 0 Å². The van der Waals surface area contributed by atoms with E-state index in [-0.39, 0.29) is 24.8 Å². The smallest absolute Gasteiger partial charge is 0.410 e. The highest BCUT2D eigenvalue weighted by molar-refractivity contribution is 7.88. The molecule has 41 heavy (non-hydrogen) atoms. The number of carbonyl (C=O) groups is 1. The van der Waals surface area contributed by atoms with Crippen LogP contribution in [0.25, 0.3) is 0 Å². The molecule has 0 radical (unpaired) electrons. The summed E-state index contributed by atoms with van der Waals surface area (Å²) in [6.45, 7) is 7.01. The lowest BCUT2D eigenvalue weighted by Gasteiger charge is -2.39. The van der Waals surface area contributed by atoms with Crippen LogP contribution in [0.5, 0.6) is 0 Å². The second-order valence-electron chi connectivity index (χ2n) is 11.1. The molecule has 3 atom stereocenters. The zero-order valence-corrected chi connectivity index (χ0v) is 24.7. The molecule has 2 N–H and O–H groups in total. The zero-order chi connectivity index (χ0) is 29.4. The largest absolute Gasteiger partial charge is 0.445 e. The Morgan fingerprint density at radius 3 is 2.39 bits per heavy atom. The minimum Gasteiger partial charge on any atom is -0.445 e. The van der Waals surface area contributed by atoms with Gasteiger partial charge in [-0.3, -0.25) is 0 Å². The van der Waals surface area contributed by atoms with Crippen molar-refractivity contribution in [2.75, 3.05) is 45.0 Å². The Morgan fingerprint density at radius 1 is 1.10 bits per heavy atom. The number of likely N-dealkylation sites (tertiary alicyclic amines) is 1. The maximum atomic E-state index is 13.0. The van der Waals surface area contributed by atoms with Crippen molar-refractivity contribution in [2.45, 2.75) is 50.3 Å². The van der Waals surface area contributed by atoms with Crippen LogP contribution >= 0.6 is 0 Å². The number of sulfonamides is 1. The van der Waals surface area contributed by atoms with Gasteiger partial charge < -0.3 is 14.5 Å². The summed E-state index contributed by atoms with van der Waals surface area (Å²) in [6.07, 6.45) is 5.97. The number of piperidine rings is 1. The fraction of sp³-hybridized carbons (Fsp3) is 0.500. The number of nitrogens with zero attached hydrogens (tertiary/aromatic N) is 3. The quantitative estimate of drug-likeness (QED) is 0.212. The molecule has 0 spiro atoms. The summed E-state index contributed by atoms with van der Waals surface area (Å²) in [4.78, 5) is 21.2. The molecule has 224 valence electrons. The number of rotatable bonds is 12. The molecule has 0 aromatic heterocycles. The van der Waals surface area contributed by atoms with Gasteiger partial charge in [0.1, 0.15) is 6.61 Å². The van der Waals surface area contributed by atoms with E-state index >= 15 is 0 Å². The first-order valence-corrected chi connectivity index (χ1v) is 15.9. The summed E-state index contributed by atoms with van der Waals surface area (Å²) in [5.74, 6) is 0.652. The lowest BCUT2D eigenvalue weighted by atomic mass is 9.88. The molecule has 3 unspecified atom stereocenters. The first kappa shape index (κ1) is 31.0. The fourth-order valence-electron chi connectivity index (χ4n) is 6.18. The van der Waals surface area contributed by atoms with E-state index in [2.05, 4.69) is 46.2 Å². The number of hydrogen-bond acceptors (Lipinski definition) is 8. The second-order valence-corrected chi connectivity index (χ2v) is 13.1. The van der Waals surface area contributed by atoms with Gasteiger partial charge in [-0.05, 0) is 60.8 Å². The van der Waals surface area contributed by atoms with Gasteiger partial charge in [0.15, 0.2) is 0 Å². The van der Waals surface area contributed by atoms with Crippen molar-refractivity contribution in [1.29, 1.82) is 0 Å². The first-order chi connectivity index (χ1) is 19.7. The molecular formula is C30H42N4O6S. The van der Waals surface area contributed by atoms with E-state index < -0.39 is 10.0 Å². The van der Waals surface area contributed by atoms with Gasteiger partial charge in [0.25, 0.3) is 0 Å². The number of anilines is 1. The molecule has 2 aliphatic rings. The van der Waals surface area contributed by atoms with Gasteiger partial charge in [0.2, 0.25) is 10.0 Å². The van der Waals surface area contributed by atoms with Gasteiger partial charge in [-0.1, -0.05) is 48.5 Å². The van der Waals surface area contributed by atoms with Gasteiger partial charge in [0, 0.05) is 45.3 Å². The molecule has 1 heterocycles. The van der Waals surface area contributed by atoms with Crippen molar-refractivity contribution in [1.82, 2.24) is 14.1 Å². The summed E-state index contributed by atoms with van der Waals surface area (Å²) in [5.41, 5.74) is 4.99. The van der Waals surface area contributed by atoms with Gasteiger partial charge >= 0.3 is 6.09 Å². The molecule has 1 amide bonds. The van der Waals surface area contributed by atoms with E-state index in [1.165, 1.54) is 11.8 Å².